The van der Waals surface area contributed by atoms with Gasteiger partial charge >= 0.3 is 0 Å². The molecule has 4 nitrogen and oxygen atoms in total. The summed E-state index contributed by atoms with van der Waals surface area (Å²) in [5, 5.41) is 0. The lowest BCUT2D eigenvalue weighted by Crippen LogP contribution is -2.44. The molecule has 2 aromatic rings. The van der Waals surface area contributed by atoms with E-state index in [2.05, 4.69) is 22.0 Å². The van der Waals surface area contributed by atoms with Gasteiger partial charge in [-0.3, -0.25) is 9.59 Å². The van der Waals surface area contributed by atoms with Crippen molar-refractivity contribution >= 4 is 39.1 Å². The maximum atomic E-state index is 14.3. The van der Waals surface area contributed by atoms with E-state index in [1.165, 1.54) is 17.7 Å². The lowest BCUT2D eigenvalue weighted by Gasteiger charge is -2.34. The summed E-state index contributed by atoms with van der Waals surface area (Å²) in [7, 11) is 0. The number of rotatable bonds is 2. The maximum Gasteiger partial charge on any atom is 0.257 e. The second-order valence-electron chi connectivity index (χ2n) is 6.31. The van der Waals surface area contributed by atoms with E-state index < -0.39 is 11.9 Å². The topological polar surface area (TPSA) is 40.6 Å². The highest BCUT2D eigenvalue weighted by atomic mass is 79.9. The van der Waals surface area contributed by atoms with Gasteiger partial charge in [0.05, 0.1) is 12.1 Å². The normalized spacial score (nSPS) is 20.2. The molecule has 0 aliphatic carbocycles. The minimum atomic E-state index is -0.587. The number of hydrogen-bond donors (Lipinski definition) is 0. The molecule has 0 radical (unpaired) electrons. The second kappa shape index (κ2) is 6.26. The summed E-state index contributed by atoms with van der Waals surface area (Å²) in [5.74, 6) is -1.31. The second-order valence-corrected chi connectivity index (χ2v) is 7.22. The Labute approximate surface area is 153 Å². The highest BCUT2D eigenvalue weighted by Gasteiger charge is 2.44. The number of hydrogen-bond acceptors (Lipinski definition) is 3. The minimum Gasteiger partial charge on any atom is -0.359 e. The number of nitrogens with zero attached hydrogens (tertiary/aromatic N) is 2. The van der Waals surface area contributed by atoms with Gasteiger partial charge < -0.3 is 4.90 Å². The molecule has 128 valence electrons. The van der Waals surface area contributed by atoms with E-state index in [9.17, 15) is 14.0 Å². The number of carbonyl (C=O) groups is 2. The van der Waals surface area contributed by atoms with E-state index in [0.29, 0.717) is 4.47 Å². The molecule has 2 heterocycles. The van der Waals surface area contributed by atoms with Crippen LogP contribution in [0.5, 0.6) is 0 Å². The Morgan fingerprint density at radius 3 is 2.68 bits per heavy atom. The summed E-state index contributed by atoms with van der Waals surface area (Å²) in [5.41, 5.74) is 2.20. The first-order chi connectivity index (χ1) is 12.1. The van der Waals surface area contributed by atoms with E-state index in [1.807, 2.05) is 23.1 Å². The molecular formula is C19H16BrFN2O2. The Kier molecular flexibility index (Phi) is 4.07. The van der Waals surface area contributed by atoms with Gasteiger partial charge in [-0.1, -0.05) is 34.1 Å². The molecule has 6 heteroatoms. The van der Waals surface area contributed by atoms with E-state index in [0.717, 1.165) is 30.0 Å². The molecule has 0 aromatic heterocycles. The summed E-state index contributed by atoms with van der Waals surface area (Å²) < 4.78 is 14.8. The van der Waals surface area contributed by atoms with E-state index >= 15 is 0 Å². The van der Waals surface area contributed by atoms with Gasteiger partial charge in [-0.25, -0.2) is 9.29 Å². The molecule has 25 heavy (non-hydrogen) atoms. The fourth-order valence-electron chi connectivity index (χ4n) is 3.66. The van der Waals surface area contributed by atoms with Gasteiger partial charge in [0.2, 0.25) is 5.91 Å². The van der Waals surface area contributed by atoms with Crippen LogP contribution in [0.3, 0.4) is 0 Å². The van der Waals surface area contributed by atoms with E-state index in [-0.39, 0.29) is 23.9 Å². The van der Waals surface area contributed by atoms with Gasteiger partial charge in [0.25, 0.3) is 5.91 Å². The Hall–Kier alpha value is -2.21. The zero-order valence-electron chi connectivity index (χ0n) is 13.4. The maximum absolute atomic E-state index is 14.3. The third-order valence-corrected chi connectivity index (χ3v) is 5.29. The highest BCUT2D eigenvalue weighted by Crippen LogP contribution is 2.34. The number of imide groups is 1. The number of fused-ring (bicyclic) bond motifs is 1. The Bertz CT molecular complexity index is 870. The Morgan fingerprint density at radius 2 is 1.88 bits per heavy atom. The fraction of sp³-hybridized carbons (Fsp3) is 0.263. The van der Waals surface area contributed by atoms with E-state index in [1.54, 1.807) is 6.07 Å². The minimum absolute atomic E-state index is 0.0194. The van der Waals surface area contributed by atoms with Crippen molar-refractivity contribution in [2.24, 2.45) is 0 Å². The first-order valence-electron chi connectivity index (χ1n) is 8.22. The van der Waals surface area contributed by atoms with Crippen LogP contribution in [-0.4, -0.2) is 24.4 Å². The average Bonchev–Trinajstić information content (AvgIpc) is 2.89. The van der Waals surface area contributed by atoms with Crippen molar-refractivity contribution in [1.82, 2.24) is 0 Å². The van der Waals surface area contributed by atoms with Crippen LogP contribution in [0.2, 0.25) is 0 Å². The predicted octanol–water partition coefficient (Wildman–Crippen LogP) is 3.67. The molecular weight excluding hydrogens is 387 g/mol. The summed E-state index contributed by atoms with van der Waals surface area (Å²) in [4.78, 5) is 28.4. The first kappa shape index (κ1) is 16.3. The van der Waals surface area contributed by atoms with E-state index in [4.69, 9.17) is 0 Å². The number of aryl methyl sites for hydroxylation is 1. The van der Waals surface area contributed by atoms with Gasteiger partial charge in [0.15, 0.2) is 0 Å². The quantitative estimate of drug-likeness (QED) is 0.719. The van der Waals surface area contributed by atoms with Crippen molar-refractivity contribution in [3.05, 3.63) is 58.3 Å². The Morgan fingerprint density at radius 1 is 1.08 bits per heavy atom. The number of benzene rings is 2. The molecule has 4 rings (SSSR count). The van der Waals surface area contributed by atoms with Crippen LogP contribution in [0.4, 0.5) is 15.8 Å². The van der Waals surface area contributed by atoms with Crippen molar-refractivity contribution in [3.8, 4) is 0 Å². The fourth-order valence-corrected chi connectivity index (χ4v) is 3.99. The lowest BCUT2D eigenvalue weighted by atomic mass is 9.99. The summed E-state index contributed by atoms with van der Waals surface area (Å²) in [6.45, 7) is 0.720. The molecule has 0 saturated carbocycles. The molecule has 0 bridgehead atoms. The van der Waals surface area contributed by atoms with Crippen LogP contribution < -0.4 is 9.80 Å². The SMILES string of the molecule is O=C1CC(N2CCCc3ccccc32)C(=O)N1c1ccc(Br)cc1F. The molecule has 1 unspecified atom stereocenters. The van der Waals surface area contributed by atoms with Crippen LogP contribution >= 0.6 is 15.9 Å². The van der Waals surface area contributed by atoms with Gasteiger partial charge in [0, 0.05) is 16.7 Å². The summed E-state index contributed by atoms with van der Waals surface area (Å²) >= 11 is 3.19. The largest absolute Gasteiger partial charge is 0.359 e. The van der Waals surface area contributed by atoms with Gasteiger partial charge in [-0.05, 0) is 42.7 Å². The van der Waals surface area contributed by atoms with Crippen molar-refractivity contribution in [1.29, 1.82) is 0 Å². The van der Waals surface area contributed by atoms with Crippen LogP contribution in [-0.2, 0) is 16.0 Å². The van der Waals surface area contributed by atoms with Crippen molar-refractivity contribution in [2.75, 3.05) is 16.3 Å². The smallest absolute Gasteiger partial charge is 0.257 e. The predicted molar refractivity (Wildman–Crippen MR) is 97.1 cm³/mol. The van der Waals surface area contributed by atoms with Gasteiger partial charge in [0.1, 0.15) is 11.9 Å². The molecule has 2 aliphatic heterocycles. The molecule has 2 aromatic carbocycles. The summed E-state index contributed by atoms with van der Waals surface area (Å²) in [6.07, 6.45) is 1.97. The third kappa shape index (κ3) is 2.74. The van der Waals surface area contributed by atoms with Crippen molar-refractivity contribution < 1.29 is 14.0 Å². The lowest BCUT2D eigenvalue weighted by molar-refractivity contribution is -0.121. The number of halogens is 2. The molecule has 2 amide bonds. The molecule has 2 aliphatic rings. The third-order valence-electron chi connectivity index (χ3n) is 4.80. The highest BCUT2D eigenvalue weighted by molar-refractivity contribution is 9.10. The zero-order chi connectivity index (χ0) is 17.6. The standard InChI is InChI=1S/C19H16BrFN2O2/c20-13-7-8-16(14(21)10-13)23-18(24)11-17(19(23)25)22-9-3-5-12-4-1-2-6-15(12)22/h1-2,4,6-8,10,17H,3,5,9,11H2. The molecule has 0 N–H and O–H groups in total. The monoisotopic (exact) mass is 402 g/mol. The van der Waals surface area contributed by atoms with Gasteiger partial charge in [-0.2, -0.15) is 0 Å². The molecule has 0 spiro atoms. The van der Waals surface area contributed by atoms with Crippen LogP contribution in [0.1, 0.15) is 18.4 Å². The van der Waals surface area contributed by atoms with Crippen molar-refractivity contribution in [2.45, 2.75) is 25.3 Å². The first-order valence-corrected chi connectivity index (χ1v) is 9.02. The molecule has 1 fully saturated rings. The van der Waals surface area contributed by atoms with Crippen LogP contribution in [0, 0.1) is 5.82 Å². The van der Waals surface area contributed by atoms with Gasteiger partial charge in [-0.15, -0.1) is 0 Å². The summed E-state index contributed by atoms with van der Waals surface area (Å²) in [6, 6.07) is 11.7. The average molecular weight is 403 g/mol. The number of para-hydroxylation sites is 1. The van der Waals surface area contributed by atoms with Crippen molar-refractivity contribution in [3.63, 3.8) is 0 Å². The van der Waals surface area contributed by atoms with Crippen LogP contribution in [0.25, 0.3) is 0 Å². The number of anilines is 2. The zero-order valence-corrected chi connectivity index (χ0v) is 15.0. The van der Waals surface area contributed by atoms with Crippen LogP contribution in [0.15, 0.2) is 46.9 Å². The molecule has 1 saturated heterocycles. The molecule has 1 atom stereocenters. The number of amides is 2. The number of carbonyl (C=O) groups excluding carboxylic acids is 2. The Balaban J connectivity index is 1.69.